The number of fused-ring (bicyclic) bond motifs is 7. The standard InChI is InChI=1S/C42H39BN4Si/c1-41(2,3)28-20-26(24-44)38-36(22-28)48(7,8)37-23-29(42(4,5)6)21-27(25-45)39(37)47(38)43-32-16-10-12-19-35(32)46-34-18-11-9-14-30(34)31-15-13-17-33(43)40(31)46/h9-23H,1-8H3. The Balaban J connectivity index is 1.57. The molecule has 0 spiro atoms. The fourth-order valence-corrected chi connectivity index (χ4v) is 11.2. The van der Waals surface area contributed by atoms with Crippen molar-refractivity contribution in [2.24, 2.45) is 0 Å². The molecule has 0 N–H and O–H groups in total. The zero-order valence-electron chi connectivity index (χ0n) is 29.0. The molecule has 5 aromatic carbocycles. The van der Waals surface area contributed by atoms with Crippen molar-refractivity contribution in [1.29, 1.82) is 10.5 Å². The van der Waals surface area contributed by atoms with Gasteiger partial charge in [-0.15, -0.1) is 0 Å². The Morgan fingerprint density at radius 1 is 0.625 bits per heavy atom. The third kappa shape index (κ3) is 4.06. The second-order valence-electron chi connectivity index (χ2n) is 16.1. The summed E-state index contributed by atoms with van der Waals surface area (Å²) in [5, 5.41) is 26.9. The number of rotatable bonds is 1. The molecule has 0 fully saturated rings. The quantitative estimate of drug-likeness (QED) is 0.175. The van der Waals surface area contributed by atoms with Crippen LogP contribution in [0.1, 0.15) is 63.8 Å². The van der Waals surface area contributed by atoms with Gasteiger partial charge in [0.15, 0.2) is 0 Å². The first-order valence-corrected chi connectivity index (χ1v) is 19.9. The number of anilines is 2. The Labute approximate surface area is 285 Å². The fourth-order valence-electron chi connectivity index (χ4n) is 8.18. The predicted molar refractivity (Wildman–Crippen MR) is 204 cm³/mol. The van der Waals surface area contributed by atoms with E-state index < -0.39 is 8.07 Å². The van der Waals surface area contributed by atoms with E-state index in [0.29, 0.717) is 11.1 Å². The van der Waals surface area contributed by atoms with Gasteiger partial charge in [-0.25, -0.2) is 0 Å². The maximum Gasteiger partial charge on any atom is 0.332 e. The van der Waals surface area contributed by atoms with Crippen LogP contribution in [-0.2, 0) is 10.8 Å². The number of aromatic nitrogens is 1. The number of hydrogen-bond donors (Lipinski definition) is 0. The average molecular weight is 639 g/mol. The van der Waals surface area contributed by atoms with Crippen LogP contribution in [0.2, 0.25) is 13.1 Å². The maximum absolute atomic E-state index is 11.0. The van der Waals surface area contributed by atoms with Gasteiger partial charge in [-0.3, -0.25) is 0 Å². The molecule has 0 bridgehead atoms. The van der Waals surface area contributed by atoms with Crippen molar-refractivity contribution in [2.45, 2.75) is 65.5 Å². The van der Waals surface area contributed by atoms with Gasteiger partial charge in [-0.2, -0.15) is 10.5 Å². The van der Waals surface area contributed by atoms with Crippen LogP contribution in [0, 0.1) is 22.7 Å². The lowest BCUT2D eigenvalue weighted by Crippen LogP contribution is -2.67. The summed E-state index contributed by atoms with van der Waals surface area (Å²) in [6.45, 7) is 17.9. The van der Waals surface area contributed by atoms with Crippen LogP contribution < -0.4 is 26.1 Å². The van der Waals surface area contributed by atoms with Gasteiger partial charge in [0.05, 0.1) is 22.2 Å². The van der Waals surface area contributed by atoms with Crippen molar-refractivity contribution >= 4 is 69.4 Å². The Bertz CT molecular complexity index is 2360. The van der Waals surface area contributed by atoms with Crippen LogP contribution in [0.5, 0.6) is 0 Å². The van der Waals surface area contributed by atoms with Crippen LogP contribution in [0.3, 0.4) is 0 Å². The average Bonchev–Trinajstić information content (AvgIpc) is 3.40. The van der Waals surface area contributed by atoms with Gasteiger partial charge < -0.3 is 9.38 Å². The van der Waals surface area contributed by atoms with E-state index in [2.05, 4.69) is 167 Å². The topological polar surface area (TPSA) is 55.8 Å². The summed E-state index contributed by atoms with van der Waals surface area (Å²) in [6.07, 6.45) is 0. The third-order valence-electron chi connectivity index (χ3n) is 10.8. The number of benzene rings is 5. The van der Waals surface area contributed by atoms with Crippen LogP contribution in [0.25, 0.3) is 27.5 Å². The molecule has 0 amide bonds. The molecule has 2 aliphatic rings. The molecular formula is C42H39BN4Si. The van der Waals surface area contributed by atoms with Crippen LogP contribution >= 0.6 is 0 Å². The summed E-state index contributed by atoms with van der Waals surface area (Å²) in [6, 6.07) is 38.3. The molecule has 3 heterocycles. The summed E-state index contributed by atoms with van der Waals surface area (Å²) in [7, 11) is -2.45. The first-order chi connectivity index (χ1) is 22.8. The monoisotopic (exact) mass is 638 g/mol. The second-order valence-corrected chi connectivity index (χ2v) is 20.4. The van der Waals surface area contributed by atoms with Gasteiger partial charge in [-0.05, 0) is 67.5 Å². The molecule has 234 valence electrons. The minimum absolute atomic E-state index is 0.134. The van der Waals surface area contributed by atoms with Crippen molar-refractivity contribution in [3.05, 3.63) is 113 Å². The summed E-state index contributed by atoms with van der Waals surface area (Å²) < 4.78 is 2.41. The lowest BCUT2D eigenvalue weighted by Gasteiger charge is -2.47. The van der Waals surface area contributed by atoms with E-state index in [-0.39, 0.29) is 17.7 Å². The normalized spacial score (nSPS) is 14.7. The molecular weight excluding hydrogens is 599 g/mol. The molecule has 48 heavy (non-hydrogen) atoms. The largest absolute Gasteiger partial charge is 0.375 e. The summed E-state index contributed by atoms with van der Waals surface area (Å²) in [5.74, 6) is 0. The molecule has 8 rings (SSSR count). The zero-order valence-corrected chi connectivity index (χ0v) is 30.0. The van der Waals surface area contributed by atoms with Crippen molar-refractivity contribution in [3.63, 3.8) is 0 Å². The molecule has 6 aromatic rings. The van der Waals surface area contributed by atoms with Gasteiger partial charge in [0.2, 0.25) is 0 Å². The van der Waals surface area contributed by atoms with Crippen molar-refractivity contribution in [2.75, 3.05) is 4.81 Å². The van der Waals surface area contributed by atoms with Gasteiger partial charge >= 0.3 is 6.85 Å². The molecule has 0 saturated heterocycles. The molecule has 1 aromatic heterocycles. The lowest BCUT2D eigenvalue weighted by molar-refractivity contribution is 0.590. The van der Waals surface area contributed by atoms with Crippen molar-refractivity contribution in [1.82, 2.24) is 4.57 Å². The molecule has 0 aliphatic carbocycles. The Kier molecular flexibility index (Phi) is 6.31. The SMILES string of the molecule is CC(C)(C)c1cc(C#N)c2c(c1)[Si](C)(C)c1cc(C(C)(C)C)cc(C#N)c1N2B1c2ccccc2-n2c3ccccc3c3cccc1c32. The van der Waals surface area contributed by atoms with E-state index in [4.69, 9.17) is 0 Å². The summed E-state index contributed by atoms with van der Waals surface area (Å²) in [4.78, 5) is 2.40. The van der Waals surface area contributed by atoms with Crippen LogP contribution in [0.4, 0.5) is 11.4 Å². The smallest absolute Gasteiger partial charge is 0.332 e. The van der Waals surface area contributed by atoms with E-state index >= 15 is 0 Å². The Morgan fingerprint density at radius 2 is 1.15 bits per heavy atom. The molecule has 4 nitrogen and oxygen atoms in total. The van der Waals surface area contributed by atoms with Crippen LogP contribution in [-0.4, -0.2) is 19.5 Å². The van der Waals surface area contributed by atoms with Gasteiger partial charge in [0.1, 0.15) is 20.2 Å². The number of nitriles is 2. The van der Waals surface area contributed by atoms with Gasteiger partial charge in [0, 0.05) is 27.8 Å². The predicted octanol–water partition coefficient (Wildman–Crippen LogP) is 7.52. The highest BCUT2D eigenvalue weighted by molar-refractivity contribution is 7.04. The summed E-state index contributed by atoms with van der Waals surface area (Å²) in [5.41, 5.74) is 11.1. The number of hydrogen-bond acceptors (Lipinski definition) is 3. The van der Waals surface area contributed by atoms with E-state index in [9.17, 15) is 10.5 Å². The molecule has 2 aliphatic heterocycles. The Hall–Kier alpha value is -5.04. The molecule has 6 heteroatoms. The first kappa shape index (κ1) is 30.3. The Morgan fingerprint density at radius 3 is 1.73 bits per heavy atom. The lowest BCUT2D eigenvalue weighted by atomic mass is 9.46. The third-order valence-corrected chi connectivity index (χ3v) is 14.2. The number of nitrogens with zero attached hydrogens (tertiary/aromatic N) is 4. The molecule has 0 atom stereocenters. The van der Waals surface area contributed by atoms with Crippen LogP contribution in [0.15, 0.2) is 91.0 Å². The van der Waals surface area contributed by atoms with Crippen molar-refractivity contribution < 1.29 is 0 Å². The van der Waals surface area contributed by atoms with Gasteiger partial charge in [-0.1, -0.05) is 121 Å². The second kappa shape index (κ2) is 9.99. The minimum atomic E-state index is -2.45. The van der Waals surface area contributed by atoms with E-state index in [1.54, 1.807) is 0 Å². The highest BCUT2D eigenvalue weighted by Crippen LogP contribution is 2.42. The minimum Gasteiger partial charge on any atom is -0.375 e. The first-order valence-electron chi connectivity index (χ1n) is 16.9. The fraction of sp³-hybridized carbons (Fsp3) is 0.238. The summed E-state index contributed by atoms with van der Waals surface area (Å²) >= 11 is 0. The molecule has 0 saturated carbocycles. The highest BCUT2D eigenvalue weighted by atomic mass is 28.3. The van der Waals surface area contributed by atoms with E-state index in [1.807, 2.05) is 0 Å². The van der Waals surface area contributed by atoms with E-state index in [1.165, 1.54) is 48.8 Å². The maximum atomic E-state index is 11.0. The van der Waals surface area contributed by atoms with Crippen molar-refractivity contribution in [3.8, 4) is 17.8 Å². The zero-order chi connectivity index (χ0) is 33.9. The van der Waals surface area contributed by atoms with E-state index in [0.717, 1.165) is 22.5 Å². The van der Waals surface area contributed by atoms with Gasteiger partial charge in [0.25, 0.3) is 0 Å². The molecule has 0 unspecified atom stereocenters. The molecule has 0 radical (unpaired) electrons. The number of para-hydroxylation sites is 3. The highest BCUT2D eigenvalue weighted by Gasteiger charge is 2.48.